The molecular weight excluding hydrogens is 329 g/mol. The van der Waals surface area contributed by atoms with Gasteiger partial charge in [0.15, 0.2) is 5.96 Å². The van der Waals surface area contributed by atoms with Crippen LogP contribution in [0.3, 0.4) is 0 Å². The number of guanidine groups is 1. The molecule has 0 unspecified atom stereocenters. The fraction of sp³-hybridized carbons (Fsp3) is 0.917. The molecule has 0 bridgehead atoms. The third kappa shape index (κ3) is 7.08. The van der Waals surface area contributed by atoms with Gasteiger partial charge in [0.05, 0.1) is 13.2 Å². The summed E-state index contributed by atoms with van der Waals surface area (Å²) in [5, 5.41) is 12.2. The van der Waals surface area contributed by atoms with Crippen LogP contribution in [0.15, 0.2) is 4.99 Å². The van der Waals surface area contributed by atoms with Crippen LogP contribution < -0.4 is 11.1 Å². The summed E-state index contributed by atoms with van der Waals surface area (Å²) in [5.41, 5.74) is 5.80. The molecule has 1 saturated carbocycles. The molecule has 0 aromatic carbocycles. The van der Waals surface area contributed by atoms with E-state index in [-0.39, 0.29) is 36.0 Å². The molecule has 4 nitrogen and oxygen atoms in total. The van der Waals surface area contributed by atoms with Gasteiger partial charge in [-0.05, 0) is 19.3 Å². The minimum Gasteiger partial charge on any atom is -0.396 e. The molecule has 102 valence electrons. The third-order valence-corrected chi connectivity index (χ3v) is 3.21. The van der Waals surface area contributed by atoms with Gasteiger partial charge in [0.2, 0.25) is 0 Å². The highest BCUT2D eigenvalue weighted by Gasteiger charge is 2.41. The Morgan fingerprint density at radius 3 is 2.59 bits per heavy atom. The number of halogens is 1. The van der Waals surface area contributed by atoms with Crippen molar-refractivity contribution in [3.05, 3.63) is 0 Å². The second-order valence-electron chi connectivity index (χ2n) is 4.85. The maximum absolute atomic E-state index is 9.11. The van der Waals surface area contributed by atoms with E-state index in [0.29, 0.717) is 12.5 Å². The lowest BCUT2D eigenvalue weighted by atomic mass is 10.1. The Labute approximate surface area is 121 Å². The van der Waals surface area contributed by atoms with Crippen LogP contribution in [-0.4, -0.2) is 30.8 Å². The lowest BCUT2D eigenvalue weighted by molar-refractivity contribution is 0.217. The molecule has 1 rings (SSSR count). The first-order chi connectivity index (χ1) is 7.72. The van der Waals surface area contributed by atoms with E-state index in [4.69, 9.17) is 10.8 Å². The molecule has 1 fully saturated rings. The van der Waals surface area contributed by atoms with E-state index in [1.165, 1.54) is 19.3 Å². The Bertz CT molecular complexity index is 230. The van der Waals surface area contributed by atoms with Gasteiger partial charge in [-0.25, -0.2) is 0 Å². The van der Waals surface area contributed by atoms with Crippen LogP contribution in [-0.2, 0) is 0 Å². The van der Waals surface area contributed by atoms with E-state index in [9.17, 15) is 0 Å². The van der Waals surface area contributed by atoms with E-state index in [2.05, 4.69) is 17.2 Å². The molecule has 0 amide bonds. The molecule has 1 aliphatic carbocycles. The number of rotatable bonds is 8. The lowest BCUT2D eigenvalue weighted by Crippen LogP contribution is -2.33. The van der Waals surface area contributed by atoms with Crippen molar-refractivity contribution in [1.29, 1.82) is 0 Å². The number of nitrogens with zero attached hydrogens (tertiary/aromatic N) is 1. The molecular formula is C12H26IN3O. The van der Waals surface area contributed by atoms with Crippen molar-refractivity contribution >= 4 is 29.9 Å². The number of aliphatic hydroxyl groups is 1. The summed E-state index contributed by atoms with van der Waals surface area (Å²) >= 11 is 0. The molecule has 0 atom stereocenters. The van der Waals surface area contributed by atoms with Crippen LogP contribution in [0.1, 0.15) is 45.4 Å². The van der Waals surface area contributed by atoms with Crippen LogP contribution in [0, 0.1) is 5.41 Å². The number of nitrogens with one attached hydrogen (secondary N) is 1. The number of nitrogens with two attached hydrogens (primary N) is 1. The minimum absolute atomic E-state index is 0. The summed E-state index contributed by atoms with van der Waals surface area (Å²) in [6.45, 7) is 4.01. The molecule has 0 saturated heterocycles. The summed E-state index contributed by atoms with van der Waals surface area (Å²) in [5.74, 6) is 0.524. The quantitative estimate of drug-likeness (QED) is 0.269. The number of unbranched alkanes of at least 4 members (excludes halogenated alkanes) is 3. The van der Waals surface area contributed by atoms with Crippen molar-refractivity contribution in [1.82, 2.24) is 5.32 Å². The van der Waals surface area contributed by atoms with E-state index >= 15 is 0 Å². The molecule has 17 heavy (non-hydrogen) atoms. The van der Waals surface area contributed by atoms with Gasteiger partial charge >= 0.3 is 0 Å². The predicted molar refractivity (Wildman–Crippen MR) is 82.8 cm³/mol. The minimum atomic E-state index is 0. The molecule has 0 heterocycles. The van der Waals surface area contributed by atoms with Crippen LogP contribution >= 0.6 is 24.0 Å². The van der Waals surface area contributed by atoms with Crippen molar-refractivity contribution in [3.63, 3.8) is 0 Å². The first kappa shape index (κ1) is 17.0. The summed E-state index contributed by atoms with van der Waals surface area (Å²) in [7, 11) is 0. The van der Waals surface area contributed by atoms with Crippen LogP contribution in [0.5, 0.6) is 0 Å². The molecule has 0 aromatic heterocycles. The van der Waals surface area contributed by atoms with E-state index < -0.39 is 0 Å². The zero-order chi connectivity index (χ0) is 11.9. The average Bonchev–Trinajstić information content (AvgIpc) is 3.07. The Hall–Kier alpha value is -0.0400. The number of aliphatic hydroxyl groups excluding tert-OH is 1. The highest BCUT2D eigenvalue weighted by molar-refractivity contribution is 14.0. The smallest absolute Gasteiger partial charge is 0.188 e. The van der Waals surface area contributed by atoms with E-state index in [1.54, 1.807) is 0 Å². The first-order valence-electron chi connectivity index (χ1n) is 6.37. The maximum Gasteiger partial charge on any atom is 0.188 e. The Kier molecular flexibility index (Phi) is 8.94. The SMILES string of the molecule is CCCCCCNC(N)=NCC1(CO)CC1.I. The fourth-order valence-electron chi connectivity index (χ4n) is 1.62. The molecule has 1 aliphatic rings. The van der Waals surface area contributed by atoms with Gasteiger partial charge in [0.25, 0.3) is 0 Å². The van der Waals surface area contributed by atoms with E-state index in [0.717, 1.165) is 25.8 Å². The normalized spacial score (nSPS) is 17.4. The molecule has 0 spiro atoms. The standard InChI is InChI=1S/C12H25N3O.HI/c1-2-3-4-5-8-14-11(13)15-9-12(10-16)6-7-12;/h16H,2-10H2,1H3,(H3,13,14,15);1H. The number of aliphatic imine (C=N–C) groups is 1. The monoisotopic (exact) mass is 355 g/mol. The largest absolute Gasteiger partial charge is 0.396 e. The van der Waals surface area contributed by atoms with E-state index in [1.807, 2.05) is 0 Å². The third-order valence-electron chi connectivity index (χ3n) is 3.21. The van der Waals surface area contributed by atoms with Gasteiger partial charge < -0.3 is 16.2 Å². The number of hydrogen-bond donors (Lipinski definition) is 3. The van der Waals surface area contributed by atoms with Crippen LogP contribution in [0.2, 0.25) is 0 Å². The highest BCUT2D eigenvalue weighted by atomic mass is 127. The predicted octanol–water partition coefficient (Wildman–Crippen LogP) is 1.86. The van der Waals surface area contributed by atoms with Gasteiger partial charge in [-0.15, -0.1) is 24.0 Å². The lowest BCUT2D eigenvalue weighted by Gasteiger charge is -2.09. The number of hydrogen-bond acceptors (Lipinski definition) is 2. The van der Waals surface area contributed by atoms with Gasteiger partial charge in [0.1, 0.15) is 0 Å². The molecule has 0 aliphatic heterocycles. The Balaban J connectivity index is 0.00000256. The van der Waals surface area contributed by atoms with Gasteiger partial charge in [-0.3, -0.25) is 4.99 Å². The van der Waals surface area contributed by atoms with Gasteiger partial charge in [-0.1, -0.05) is 26.2 Å². The zero-order valence-corrected chi connectivity index (χ0v) is 13.1. The van der Waals surface area contributed by atoms with Gasteiger partial charge in [-0.2, -0.15) is 0 Å². The Morgan fingerprint density at radius 2 is 2.06 bits per heavy atom. The second-order valence-corrected chi connectivity index (χ2v) is 4.85. The topological polar surface area (TPSA) is 70.6 Å². The van der Waals surface area contributed by atoms with Crippen LogP contribution in [0.25, 0.3) is 0 Å². The van der Waals surface area contributed by atoms with Crippen molar-refractivity contribution in [2.24, 2.45) is 16.1 Å². The molecule has 0 radical (unpaired) electrons. The fourth-order valence-corrected chi connectivity index (χ4v) is 1.62. The molecule has 5 heteroatoms. The summed E-state index contributed by atoms with van der Waals surface area (Å²) < 4.78 is 0. The van der Waals surface area contributed by atoms with Crippen molar-refractivity contribution < 1.29 is 5.11 Å². The summed E-state index contributed by atoms with van der Waals surface area (Å²) in [6, 6.07) is 0. The maximum atomic E-state index is 9.11. The molecule has 4 N–H and O–H groups in total. The second kappa shape index (κ2) is 8.97. The van der Waals surface area contributed by atoms with Gasteiger partial charge in [0, 0.05) is 12.0 Å². The van der Waals surface area contributed by atoms with Crippen molar-refractivity contribution in [2.45, 2.75) is 45.4 Å². The van der Waals surface area contributed by atoms with Crippen molar-refractivity contribution in [2.75, 3.05) is 19.7 Å². The Morgan fingerprint density at radius 1 is 1.35 bits per heavy atom. The summed E-state index contributed by atoms with van der Waals surface area (Å²) in [4.78, 5) is 4.27. The van der Waals surface area contributed by atoms with Crippen LogP contribution in [0.4, 0.5) is 0 Å². The molecule has 0 aromatic rings. The zero-order valence-electron chi connectivity index (χ0n) is 10.7. The highest BCUT2D eigenvalue weighted by Crippen LogP contribution is 2.45. The van der Waals surface area contributed by atoms with Crippen molar-refractivity contribution in [3.8, 4) is 0 Å². The first-order valence-corrected chi connectivity index (χ1v) is 6.37. The average molecular weight is 355 g/mol. The summed E-state index contributed by atoms with van der Waals surface area (Å²) in [6.07, 6.45) is 7.09.